The van der Waals surface area contributed by atoms with Crippen LogP contribution in [0.4, 0.5) is 19.3 Å². The van der Waals surface area contributed by atoms with Gasteiger partial charge in [0.25, 0.3) is 0 Å². The van der Waals surface area contributed by atoms with Crippen molar-refractivity contribution in [3.8, 4) is 0 Å². The second-order valence-corrected chi connectivity index (χ2v) is 6.27. The molecule has 3 N–H and O–H groups in total. The van der Waals surface area contributed by atoms with Crippen LogP contribution in [0, 0.1) is 11.6 Å². The molecule has 0 radical (unpaired) electrons. The van der Waals surface area contributed by atoms with E-state index in [-0.39, 0.29) is 6.54 Å². The maximum absolute atomic E-state index is 14.5. The quantitative estimate of drug-likeness (QED) is 0.662. The normalized spacial score (nSPS) is 19.1. The lowest BCUT2D eigenvalue weighted by Gasteiger charge is -2.19. The molecular weight excluding hydrogens is 356 g/mol. The number of carbonyl (C=O) groups is 2. The third kappa shape index (κ3) is 3.33. The van der Waals surface area contributed by atoms with Crippen molar-refractivity contribution in [3.63, 3.8) is 0 Å². The number of fused-ring (bicyclic) bond motifs is 1. The van der Waals surface area contributed by atoms with Crippen LogP contribution in [0.2, 0.25) is 0 Å². The molecule has 0 saturated carbocycles. The molecule has 0 spiro atoms. The van der Waals surface area contributed by atoms with E-state index in [0.717, 1.165) is 0 Å². The highest BCUT2D eigenvalue weighted by atomic mass is 19.1. The highest BCUT2D eigenvalue weighted by molar-refractivity contribution is 5.95. The first-order valence-electron chi connectivity index (χ1n) is 8.29. The van der Waals surface area contributed by atoms with Crippen molar-refractivity contribution in [2.45, 2.75) is 12.0 Å². The summed E-state index contributed by atoms with van der Waals surface area (Å²) in [5.74, 6) is -1.91. The monoisotopic (exact) mass is 371 g/mol. The molecule has 1 aliphatic heterocycles. The van der Waals surface area contributed by atoms with E-state index in [1.807, 2.05) is 0 Å². The molecule has 27 heavy (non-hydrogen) atoms. The van der Waals surface area contributed by atoms with Gasteiger partial charge in [-0.3, -0.25) is 4.79 Å². The zero-order valence-corrected chi connectivity index (χ0v) is 14.0. The molecule has 2 aromatic carbocycles. The molecule has 0 unspecified atom stereocenters. The number of hydrogen-bond donors (Lipinski definition) is 3. The van der Waals surface area contributed by atoms with E-state index in [1.54, 1.807) is 12.1 Å². The number of urea groups is 1. The van der Waals surface area contributed by atoms with Crippen molar-refractivity contribution in [1.82, 2.24) is 10.6 Å². The fourth-order valence-corrected chi connectivity index (χ4v) is 3.20. The number of furan rings is 1. The van der Waals surface area contributed by atoms with Gasteiger partial charge in [-0.25, -0.2) is 13.6 Å². The first-order chi connectivity index (χ1) is 13.0. The number of anilines is 1. The van der Waals surface area contributed by atoms with Crippen LogP contribution in [0.25, 0.3) is 11.0 Å². The molecule has 4 rings (SSSR count). The number of halogens is 2. The average molecular weight is 371 g/mol. The van der Waals surface area contributed by atoms with Gasteiger partial charge >= 0.3 is 6.03 Å². The third-order valence-electron chi connectivity index (χ3n) is 4.54. The largest absolute Gasteiger partial charge is 0.464 e. The number of carbonyl (C=O) groups excluding carboxylic acids is 2. The van der Waals surface area contributed by atoms with E-state index in [4.69, 9.17) is 4.42 Å². The Kier molecular flexibility index (Phi) is 4.23. The lowest BCUT2D eigenvalue weighted by molar-refractivity contribution is -0.120. The fraction of sp³-hybridized carbons (Fsp3) is 0.158. The Labute approximate surface area is 152 Å². The molecule has 8 heteroatoms. The zero-order valence-electron chi connectivity index (χ0n) is 14.0. The van der Waals surface area contributed by atoms with Crippen molar-refractivity contribution in [2.75, 3.05) is 11.9 Å². The molecule has 3 amide bonds. The maximum Gasteiger partial charge on any atom is 0.319 e. The Hall–Kier alpha value is -3.42. The van der Waals surface area contributed by atoms with Crippen molar-refractivity contribution >= 4 is 28.6 Å². The van der Waals surface area contributed by atoms with Crippen molar-refractivity contribution < 1.29 is 22.8 Å². The second kappa shape index (κ2) is 6.71. The number of amides is 3. The fourth-order valence-electron chi connectivity index (χ4n) is 3.20. The summed E-state index contributed by atoms with van der Waals surface area (Å²) in [5, 5.41) is 8.44. The number of rotatable bonds is 3. The van der Waals surface area contributed by atoms with Crippen LogP contribution < -0.4 is 16.0 Å². The topological polar surface area (TPSA) is 83.4 Å². The van der Waals surface area contributed by atoms with Crippen LogP contribution in [0.15, 0.2) is 53.1 Å². The first kappa shape index (κ1) is 17.0. The summed E-state index contributed by atoms with van der Waals surface area (Å²) in [5.41, 5.74) is 1.09. The van der Waals surface area contributed by atoms with E-state index >= 15 is 0 Å². The van der Waals surface area contributed by atoms with E-state index in [2.05, 4.69) is 16.0 Å². The lowest BCUT2D eigenvalue weighted by Crippen LogP contribution is -2.44. The summed E-state index contributed by atoms with van der Waals surface area (Å²) in [7, 11) is 0. The van der Waals surface area contributed by atoms with Crippen LogP contribution in [0.1, 0.15) is 11.5 Å². The molecule has 2 atom stereocenters. The smallest absolute Gasteiger partial charge is 0.319 e. The number of nitrogens with one attached hydrogen (secondary N) is 3. The second-order valence-electron chi connectivity index (χ2n) is 6.27. The molecule has 6 nitrogen and oxygen atoms in total. The van der Waals surface area contributed by atoms with E-state index < -0.39 is 35.5 Å². The van der Waals surface area contributed by atoms with Gasteiger partial charge in [0, 0.05) is 29.6 Å². The summed E-state index contributed by atoms with van der Waals surface area (Å²) in [6.07, 6.45) is 1.46. The minimum atomic E-state index is -0.940. The molecule has 0 bridgehead atoms. The van der Waals surface area contributed by atoms with Crippen molar-refractivity contribution in [3.05, 3.63) is 65.9 Å². The number of benzene rings is 2. The van der Waals surface area contributed by atoms with E-state index in [9.17, 15) is 18.4 Å². The summed E-state index contributed by atoms with van der Waals surface area (Å²) in [6, 6.07) is 8.21. The lowest BCUT2D eigenvalue weighted by atomic mass is 9.92. The summed E-state index contributed by atoms with van der Waals surface area (Å²) in [4.78, 5) is 24.4. The standard InChI is InChI=1S/C19H15F2N3O3/c20-11-1-3-12(4-2-11)23-19(26)24-17-14(9-22-18(17)25)13-7-10-5-6-27-16(10)8-15(13)21/h1-8,14,17H,9H2,(H,22,25)(H2,23,24,26)/t14-,17-/m0/s1. The van der Waals surface area contributed by atoms with Crippen LogP contribution in [0.3, 0.4) is 0 Å². The predicted molar refractivity (Wildman–Crippen MR) is 94.3 cm³/mol. The van der Waals surface area contributed by atoms with Crippen LogP contribution >= 0.6 is 0 Å². The van der Waals surface area contributed by atoms with E-state index in [1.165, 1.54) is 36.6 Å². The highest BCUT2D eigenvalue weighted by Gasteiger charge is 2.38. The Morgan fingerprint density at radius 3 is 2.70 bits per heavy atom. The van der Waals surface area contributed by atoms with Gasteiger partial charge in [-0.2, -0.15) is 0 Å². The molecule has 1 fully saturated rings. The molecular formula is C19H15F2N3O3. The molecule has 1 aliphatic rings. The van der Waals surface area contributed by atoms with Gasteiger partial charge in [0.2, 0.25) is 5.91 Å². The van der Waals surface area contributed by atoms with Gasteiger partial charge in [-0.05, 0) is 42.0 Å². The third-order valence-corrected chi connectivity index (χ3v) is 4.54. The van der Waals surface area contributed by atoms with Crippen LogP contribution in [0.5, 0.6) is 0 Å². The minimum absolute atomic E-state index is 0.195. The van der Waals surface area contributed by atoms with Gasteiger partial charge in [-0.15, -0.1) is 0 Å². The molecule has 2 heterocycles. The first-order valence-corrected chi connectivity index (χ1v) is 8.29. The summed E-state index contributed by atoms with van der Waals surface area (Å²) >= 11 is 0. The molecule has 0 aliphatic carbocycles. The Bertz CT molecular complexity index is 1020. The zero-order chi connectivity index (χ0) is 19.0. The molecule has 3 aromatic rings. The Morgan fingerprint density at radius 1 is 1.15 bits per heavy atom. The van der Waals surface area contributed by atoms with Gasteiger partial charge in [0.05, 0.1) is 6.26 Å². The molecule has 1 saturated heterocycles. The summed E-state index contributed by atoms with van der Waals surface area (Å²) in [6.45, 7) is 0.195. The van der Waals surface area contributed by atoms with Gasteiger partial charge in [-0.1, -0.05) is 0 Å². The summed E-state index contributed by atoms with van der Waals surface area (Å²) < 4.78 is 32.6. The molecule has 138 valence electrons. The predicted octanol–water partition coefficient (Wildman–Crippen LogP) is 3.11. The SMILES string of the molecule is O=C(Nc1ccc(F)cc1)N[C@@H]1C(=O)NC[C@H]1c1cc2ccoc2cc1F. The number of hydrogen-bond acceptors (Lipinski definition) is 3. The van der Waals surface area contributed by atoms with Crippen LogP contribution in [-0.2, 0) is 4.79 Å². The van der Waals surface area contributed by atoms with Crippen molar-refractivity contribution in [1.29, 1.82) is 0 Å². The van der Waals surface area contributed by atoms with Gasteiger partial charge < -0.3 is 20.4 Å². The Morgan fingerprint density at radius 2 is 1.93 bits per heavy atom. The van der Waals surface area contributed by atoms with Crippen molar-refractivity contribution in [2.24, 2.45) is 0 Å². The van der Waals surface area contributed by atoms with E-state index in [0.29, 0.717) is 22.2 Å². The minimum Gasteiger partial charge on any atom is -0.464 e. The van der Waals surface area contributed by atoms with Gasteiger partial charge in [0.1, 0.15) is 23.3 Å². The maximum atomic E-state index is 14.5. The average Bonchev–Trinajstić information content (AvgIpc) is 3.23. The highest BCUT2D eigenvalue weighted by Crippen LogP contribution is 2.30. The van der Waals surface area contributed by atoms with Gasteiger partial charge in [0.15, 0.2) is 0 Å². The van der Waals surface area contributed by atoms with Crippen LogP contribution in [-0.4, -0.2) is 24.5 Å². The Balaban J connectivity index is 1.54. The molecule has 1 aromatic heterocycles.